The summed E-state index contributed by atoms with van der Waals surface area (Å²) in [5.74, 6) is -0.109. The molecule has 0 heterocycles. The summed E-state index contributed by atoms with van der Waals surface area (Å²) in [4.78, 5) is 12.1. The molecule has 3 nitrogen and oxygen atoms in total. The molecule has 1 aliphatic rings. The van der Waals surface area contributed by atoms with Gasteiger partial charge in [0.1, 0.15) is 5.41 Å². The molecular formula is C13H22N2O. The quantitative estimate of drug-likeness (QED) is 0.798. The molecule has 1 fully saturated rings. The molecule has 1 aliphatic carbocycles. The van der Waals surface area contributed by atoms with Gasteiger partial charge in [-0.25, -0.2) is 0 Å². The normalized spacial score (nSPS) is 22.9. The molecule has 0 aromatic heterocycles. The van der Waals surface area contributed by atoms with Gasteiger partial charge >= 0.3 is 0 Å². The first-order chi connectivity index (χ1) is 7.46. The molecule has 1 saturated carbocycles. The predicted octanol–water partition coefficient (Wildman–Crippen LogP) is 2.77. The van der Waals surface area contributed by atoms with Gasteiger partial charge in [-0.1, -0.05) is 26.2 Å². The van der Waals surface area contributed by atoms with Crippen molar-refractivity contribution in [2.24, 2.45) is 5.41 Å². The Kier molecular flexibility index (Phi) is 3.96. The van der Waals surface area contributed by atoms with Crippen molar-refractivity contribution in [3.05, 3.63) is 0 Å². The Bertz CT molecular complexity index is 300. The molecule has 3 heteroatoms. The highest BCUT2D eigenvalue weighted by Crippen LogP contribution is 2.29. The molecule has 90 valence electrons. The highest BCUT2D eigenvalue weighted by atomic mass is 16.2. The SMILES string of the molecule is CCC(C)(C#N)C(=O)NC1(C)CCCCC1. The zero-order valence-corrected chi connectivity index (χ0v) is 10.6. The third-order valence-electron chi connectivity index (χ3n) is 3.83. The lowest BCUT2D eigenvalue weighted by Crippen LogP contribution is -2.51. The number of rotatable bonds is 3. The Hall–Kier alpha value is -1.04. The second-order valence-electron chi connectivity index (χ2n) is 5.37. The van der Waals surface area contributed by atoms with E-state index in [1.807, 2.05) is 6.92 Å². The summed E-state index contributed by atoms with van der Waals surface area (Å²) in [6.07, 6.45) is 6.23. The van der Waals surface area contributed by atoms with Gasteiger partial charge in [0.05, 0.1) is 6.07 Å². The third-order valence-corrected chi connectivity index (χ3v) is 3.83. The standard InChI is InChI=1S/C13H22N2O/c1-4-12(2,10-14)11(16)15-13(3)8-6-5-7-9-13/h4-9H2,1-3H3,(H,15,16). The molecule has 0 bridgehead atoms. The zero-order chi connectivity index (χ0) is 12.2. The third kappa shape index (κ3) is 2.75. The lowest BCUT2D eigenvalue weighted by molar-refractivity contribution is -0.129. The van der Waals surface area contributed by atoms with Gasteiger partial charge in [-0.2, -0.15) is 5.26 Å². The van der Waals surface area contributed by atoms with Gasteiger partial charge in [0.2, 0.25) is 5.91 Å². The van der Waals surface area contributed by atoms with Crippen LogP contribution >= 0.6 is 0 Å². The highest BCUT2D eigenvalue weighted by Gasteiger charge is 2.36. The number of carbonyl (C=O) groups excluding carboxylic acids is 1. The molecule has 0 aliphatic heterocycles. The second-order valence-corrected chi connectivity index (χ2v) is 5.37. The second kappa shape index (κ2) is 4.86. The van der Waals surface area contributed by atoms with E-state index in [0.717, 1.165) is 12.8 Å². The minimum absolute atomic E-state index is 0.0946. The van der Waals surface area contributed by atoms with Crippen molar-refractivity contribution >= 4 is 5.91 Å². The van der Waals surface area contributed by atoms with E-state index >= 15 is 0 Å². The lowest BCUT2D eigenvalue weighted by atomic mass is 9.81. The minimum atomic E-state index is -0.875. The number of carbonyl (C=O) groups is 1. The van der Waals surface area contributed by atoms with E-state index in [1.165, 1.54) is 19.3 Å². The molecule has 1 N–H and O–H groups in total. The van der Waals surface area contributed by atoms with Crippen LogP contribution in [0.5, 0.6) is 0 Å². The van der Waals surface area contributed by atoms with Crippen molar-refractivity contribution in [2.45, 2.75) is 64.8 Å². The summed E-state index contributed by atoms with van der Waals surface area (Å²) in [6.45, 7) is 5.69. The zero-order valence-electron chi connectivity index (χ0n) is 10.6. The Balaban J connectivity index is 2.66. The number of amides is 1. The Morgan fingerprint density at radius 3 is 2.44 bits per heavy atom. The van der Waals surface area contributed by atoms with Crippen molar-refractivity contribution in [3.8, 4) is 6.07 Å². The molecule has 0 aromatic carbocycles. The Labute approximate surface area is 98.2 Å². The summed E-state index contributed by atoms with van der Waals surface area (Å²) >= 11 is 0. The van der Waals surface area contributed by atoms with E-state index in [9.17, 15) is 4.79 Å². The fraction of sp³-hybridized carbons (Fsp3) is 0.846. The number of hydrogen-bond donors (Lipinski definition) is 1. The first-order valence-corrected chi connectivity index (χ1v) is 6.20. The van der Waals surface area contributed by atoms with Crippen molar-refractivity contribution in [2.75, 3.05) is 0 Å². The molecular weight excluding hydrogens is 200 g/mol. The van der Waals surface area contributed by atoms with E-state index in [1.54, 1.807) is 6.92 Å². The van der Waals surface area contributed by atoms with Gasteiger partial charge in [-0.15, -0.1) is 0 Å². The molecule has 16 heavy (non-hydrogen) atoms. The van der Waals surface area contributed by atoms with E-state index in [4.69, 9.17) is 5.26 Å². The highest BCUT2D eigenvalue weighted by molar-refractivity contribution is 5.85. The van der Waals surface area contributed by atoms with Crippen LogP contribution in [0.2, 0.25) is 0 Å². The van der Waals surface area contributed by atoms with E-state index in [-0.39, 0.29) is 11.4 Å². The summed E-state index contributed by atoms with van der Waals surface area (Å²) in [5, 5.41) is 12.1. The minimum Gasteiger partial charge on any atom is -0.350 e. The van der Waals surface area contributed by atoms with Crippen molar-refractivity contribution < 1.29 is 4.79 Å². The van der Waals surface area contributed by atoms with Gasteiger partial charge in [0, 0.05) is 5.54 Å². The van der Waals surface area contributed by atoms with Crippen LogP contribution < -0.4 is 5.32 Å². The van der Waals surface area contributed by atoms with Gasteiger partial charge in [0.15, 0.2) is 0 Å². The van der Waals surface area contributed by atoms with Crippen molar-refractivity contribution in [1.82, 2.24) is 5.32 Å². The molecule has 0 saturated heterocycles. The molecule has 0 aromatic rings. The van der Waals surface area contributed by atoms with Crippen LogP contribution in [0.1, 0.15) is 59.3 Å². The fourth-order valence-electron chi connectivity index (χ4n) is 2.16. The number of hydrogen-bond acceptors (Lipinski definition) is 2. The fourth-order valence-corrected chi connectivity index (χ4v) is 2.16. The van der Waals surface area contributed by atoms with E-state index in [0.29, 0.717) is 6.42 Å². The van der Waals surface area contributed by atoms with Gasteiger partial charge in [-0.3, -0.25) is 4.79 Å². The van der Waals surface area contributed by atoms with Crippen LogP contribution in [0.15, 0.2) is 0 Å². The van der Waals surface area contributed by atoms with Crippen LogP contribution in [0.3, 0.4) is 0 Å². The van der Waals surface area contributed by atoms with Crippen LogP contribution in [0.25, 0.3) is 0 Å². The van der Waals surface area contributed by atoms with E-state index in [2.05, 4.69) is 18.3 Å². The van der Waals surface area contributed by atoms with Crippen LogP contribution in [-0.2, 0) is 4.79 Å². The van der Waals surface area contributed by atoms with E-state index < -0.39 is 5.41 Å². The maximum absolute atomic E-state index is 12.1. The Morgan fingerprint density at radius 2 is 2.00 bits per heavy atom. The molecule has 0 radical (unpaired) electrons. The topological polar surface area (TPSA) is 52.9 Å². The Morgan fingerprint density at radius 1 is 1.44 bits per heavy atom. The lowest BCUT2D eigenvalue weighted by Gasteiger charge is -2.36. The smallest absolute Gasteiger partial charge is 0.240 e. The average molecular weight is 222 g/mol. The maximum atomic E-state index is 12.1. The van der Waals surface area contributed by atoms with Gasteiger partial charge < -0.3 is 5.32 Å². The number of nitriles is 1. The molecule has 1 unspecified atom stereocenters. The maximum Gasteiger partial charge on any atom is 0.240 e. The molecule has 0 spiro atoms. The van der Waals surface area contributed by atoms with Crippen molar-refractivity contribution in [3.63, 3.8) is 0 Å². The van der Waals surface area contributed by atoms with Crippen LogP contribution in [0.4, 0.5) is 0 Å². The largest absolute Gasteiger partial charge is 0.350 e. The molecule has 1 atom stereocenters. The van der Waals surface area contributed by atoms with Crippen LogP contribution in [-0.4, -0.2) is 11.4 Å². The summed E-state index contributed by atoms with van der Waals surface area (Å²) in [7, 11) is 0. The summed E-state index contributed by atoms with van der Waals surface area (Å²) in [6, 6.07) is 2.12. The monoisotopic (exact) mass is 222 g/mol. The van der Waals surface area contributed by atoms with Crippen molar-refractivity contribution in [1.29, 1.82) is 5.26 Å². The molecule has 1 amide bonds. The first kappa shape index (κ1) is 13.0. The first-order valence-electron chi connectivity index (χ1n) is 6.20. The summed E-state index contributed by atoms with van der Waals surface area (Å²) in [5.41, 5.74) is -0.969. The van der Waals surface area contributed by atoms with Crippen LogP contribution in [0, 0.1) is 16.7 Å². The predicted molar refractivity (Wildman–Crippen MR) is 63.6 cm³/mol. The van der Waals surface area contributed by atoms with Gasteiger partial charge in [-0.05, 0) is 33.1 Å². The summed E-state index contributed by atoms with van der Waals surface area (Å²) < 4.78 is 0. The average Bonchev–Trinajstić information content (AvgIpc) is 2.28. The number of nitrogens with one attached hydrogen (secondary N) is 1. The van der Waals surface area contributed by atoms with Gasteiger partial charge in [0.25, 0.3) is 0 Å². The molecule has 1 rings (SSSR count). The number of nitrogens with zero attached hydrogens (tertiary/aromatic N) is 1.